The maximum absolute atomic E-state index is 13.5. The van der Waals surface area contributed by atoms with Gasteiger partial charge in [-0.2, -0.15) is 0 Å². The molecule has 8 heteroatoms. The van der Waals surface area contributed by atoms with Gasteiger partial charge < -0.3 is 15.4 Å². The van der Waals surface area contributed by atoms with Gasteiger partial charge in [-0.15, -0.1) is 0 Å². The molecule has 0 unspecified atom stereocenters. The second-order valence-corrected chi connectivity index (χ2v) is 12.4. The van der Waals surface area contributed by atoms with Crippen molar-refractivity contribution in [2.45, 2.75) is 71.6 Å². The number of aromatic nitrogens is 1. The summed E-state index contributed by atoms with van der Waals surface area (Å²) in [6, 6.07) is 12.2. The molecule has 1 heterocycles. The van der Waals surface area contributed by atoms with Gasteiger partial charge in [-0.3, -0.25) is 19.0 Å². The number of rotatable bonds is 21. The van der Waals surface area contributed by atoms with Crippen molar-refractivity contribution in [3.63, 3.8) is 0 Å². The first-order valence-electron chi connectivity index (χ1n) is 17.8. The molecular weight excluding hydrogens is 658 g/mol. The van der Waals surface area contributed by atoms with Gasteiger partial charge in [0.15, 0.2) is 0 Å². The summed E-state index contributed by atoms with van der Waals surface area (Å²) >= 11 is 6.02. The zero-order chi connectivity index (χ0) is 36.7. The van der Waals surface area contributed by atoms with Gasteiger partial charge in [0.05, 0.1) is 19.0 Å². The number of hydrogen-bond acceptors (Lipinski definition) is 4. The standard InChI is InChI=1S/C43H52ClN3O4/c1-4-5-6-7-8-9-10-11-12-13-14-15-16-17-18-19-20-21-22-23-41(48)45-30-31-46-42(49)33-38-34(2)47(40-29-28-37(51-3)32-39(38)40)43(50)35-24-26-36(44)27-25-35/h5-6,8-9,11-12,14-15,17-18,20-21,24-29,32H,4,7,10,13,16,19,22-23,30-31,33H2,1-3H3,(H,45,48)(H,46,49). The van der Waals surface area contributed by atoms with Crippen molar-refractivity contribution in [2.24, 2.45) is 0 Å². The van der Waals surface area contributed by atoms with Gasteiger partial charge >= 0.3 is 0 Å². The second kappa shape index (κ2) is 23.5. The first-order valence-corrected chi connectivity index (χ1v) is 18.1. The van der Waals surface area contributed by atoms with Gasteiger partial charge in [0.25, 0.3) is 5.91 Å². The summed E-state index contributed by atoms with van der Waals surface area (Å²) in [7, 11) is 1.58. The summed E-state index contributed by atoms with van der Waals surface area (Å²) in [6.07, 6.45) is 32.8. The summed E-state index contributed by atoms with van der Waals surface area (Å²) < 4.78 is 7.04. The number of methoxy groups -OCH3 is 1. The van der Waals surface area contributed by atoms with Gasteiger partial charge in [0.1, 0.15) is 5.75 Å². The molecule has 2 aromatic carbocycles. The highest BCUT2D eigenvalue weighted by atomic mass is 35.5. The van der Waals surface area contributed by atoms with Crippen LogP contribution in [-0.2, 0) is 16.0 Å². The number of fused-ring (bicyclic) bond motifs is 1. The Balaban J connectivity index is 1.33. The Hall–Kier alpha value is -4.88. The van der Waals surface area contributed by atoms with E-state index < -0.39 is 0 Å². The molecule has 0 saturated heterocycles. The molecule has 0 aliphatic heterocycles. The first-order chi connectivity index (χ1) is 24.8. The molecule has 0 aliphatic rings. The molecule has 1 aromatic heterocycles. The molecule has 270 valence electrons. The normalized spacial score (nSPS) is 12.2. The summed E-state index contributed by atoms with van der Waals surface area (Å²) in [5, 5.41) is 7.06. The molecule has 3 aromatic rings. The average molecular weight is 710 g/mol. The molecule has 7 nitrogen and oxygen atoms in total. The van der Waals surface area contributed by atoms with Crippen LogP contribution in [0, 0.1) is 6.92 Å². The number of benzene rings is 2. The van der Waals surface area contributed by atoms with E-state index in [1.807, 2.05) is 25.1 Å². The third-order valence-corrected chi connectivity index (χ3v) is 8.33. The van der Waals surface area contributed by atoms with Crippen LogP contribution in [-0.4, -0.2) is 42.5 Å². The van der Waals surface area contributed by atoms with Gasteiger partial charge in [0, 0.05) is 41.2 Å². The highest BCUT2D eigenvalue weighted by Crippen LogP contribution is 2.31. The Labute approximate surface area is 308 Å². The topological polar surface area (TPSA) is 89.4 Å². The minimum absolute atomic E-state index is 0.0597. The Morgan fingerprint density at radius 1 is 0.725 bits per heavy atom. The number of carbonyl (C=O) groups is 3. The van der Waals surface area contributed by atoms with Gasteiger partial charge in [0.2, 0.25) is 11.8 Å². The van der Waals surface area contributed by atoms with Crippen molar-refractivity contribution in [2.75, 3.05) is 20.2 Å². The molecule has 0 radical (unpaired) electrons. The van der Waals surface area contributed by atoms with E-state index >= 15 is 0 Å². The third kappa shape index (κ3) is 14.5. The Morgan fingerprint density at radius 3 is 1.80 bits per heavy atom. The van der Waals surface area contributed by atoms with Crippen LogP contribution in [0.3, 0.4) is 0 Å². The molecular formula is C43H52ClN3O4. The lowest BCUT2D eigenvalue weighted by Crippen LogP contribution is -2.35. The predicted molar refractivity (Wildman–Crippen MR) is 212 cm³/mol. The maximum atomic E-state index is 13.5. The smallest absolute Gasteiger partial charge is 0.262 e. The Bertz CT molecular complexity index is 1740. The van der Waals surface area contributed by atoms with E-state index in [0.29, 0.717) is 53.5 Å². The average Bonchev–Trinajstić information content (AvgIpc) is 3.40. The number of allylic oxidation sites excluding steroid dienone is 12. The van der Waals surface area contributed by atoms with Crippen LogP contribution in [0.2, 0.25) is 5.02 Å². The van der Waals surface area contributed by atoms with E-state index in [-0.39, 0.29) is 24.1 Å². The molecule has 2 amide bonds. The highest BCUT2D eigenvalue weighted by Gasteiger charge is 2.22. The highest BCUT2D eigenvalue weighted by molar-refractivity contribution is 6.30. The fraction of sp³-hybridized carbons (Fsp3) is 0.326. The lowest BCUT2D eigenvalue weighted by Gasteiger charge is -2.09. The van der Waals surface area contributed by atoms with Gasteiger partial charge in [-0.1, -0.05) is 91.4 Å². The molecule has 51 heavy (non-hydrogen) atoms. The van der Waals surface area contributed by atoms with Crippen molar-refractivity contribution < 1.29 is 19.1 Å². The molecule has 0 aliphatic carbocycles. The quantitative estimate of drug-likeness (QED) is 0.0852. The molecule has 2 N–H and O–H groups in total. The number of halogens is 1. The van der Waals surface area contributed by atoms with Crippen LogP contribution in [0.15, 0.2) is 115 Å². The van der Waals surface area contributed by atoms with E-state index in [9.17, 15) is 14.4 Å². The molecule has 3 rings (SSSR count). The van der Waals surface area contributed by atoms with Crippen molar-refractivity contribution in [1.82, 2.24) is 15.2 Å². The number of amides is 2. The Morgan fingerprint density at radius 2 is 1.25 bits per heavy atom. The zero-order valence-corrected chi connectivity index (χ0v) is 31.0. The summed E-state index contributed by atoms with van der Waals surface area (Å²) in [5.74, 6) is 0.159. The van der Waals surface area contributed by atoms with Crippen LogP contribution < -0.4 is 15.4 Å². The molecule has 0 atom stereocenters. The minimum atomic E-state index is -0.210. The van der Waals surface area contributed by atoms with Gasteiger partial charge in [-0.25, -0.2) is 0 Å². The molecule has 0 spiro atoms. The van der Waals surface area contributed by atoms with E-state index in [0.717, 1.165) is 49.5 Å². The Kier molecular flexibility index (Phi) is 18.7. The van der Waals surface area contributed by atoms with Crippen molar-refractivity contribution >= 4 is 40.2 Å². The lowest BCUT2D eigenvalue weighted by atomic mass is 10.1. The summed E-state index contributed by atoms with van der Waals surface area (Å²) in [5.41, 5.74) is 2.60. The van der Waals surface area contributed by atoms with E-state index in [1.54, 1.807) is 42.0 Å². The monoisotopic (exact) mass is 709 g/mol. The van der Waals surface area contributed by atoms with Gasteiger partial charge in [-0.05, 0) is 99.9 Å². The van der Waals surface area contributed by atoms with Crippen molar-refractivity contribution in [3.8, 4) is 5.75 Å². The number of carbonyl (C=O) groups excluding carboxylic acids is 3. The number of ether oxygens (including phenoxy) is 1. The molecule has 0 saturated carbocycles. The van der Waals surface area contributed by atoms with E-state index in [1.165, 1.54) is 0 Å². The van der Waals surface area contributed by atoms with Crippen molar-refractivity contribution in [3.05, 3.63) is 137 Å². The zero-order valence-electron chi connectivity index (χ0n) is 30.2. The fourth-order valence-corrected chi connectivity index (χ4v) is 5.49. The maximum Gasteiger partial charge on any atom is 0.262 e. The number of nitrogens with one attached hydrogen (secondary N) is 2. The molecule has 0 fully saturated rings. The molecule has 0 bridgehead atoms. The number of hydrogen-bond donors (Lipinski definition) is 2. The second-order valence-electron chi connectivity index (χ2n) is 11.9. The number of nitrogens with zero attached hydrogens (tertiary/aromatic N) is 1. The van der Waals surface area contributed by atoms with Crippen LogP contribution >= 0.6 is 11.6 Å². The van der Waals surface area contributed by atoms with Crippen molar-refractivity contribution in [1.29, 1.82) is 0 Å². The lowest BCUT2D eigenvalue weighted by molar-refractivity contribution is -0.122. The largest absolute Gasteiger partial charge is 0.497 e. The van der Waals surface area contributed by atoms with E-state index in [2.05, 4.69) is 84.4 Å². The summed E-state index contributed by atoms with van der Waals surface area (Å²) in [6.45, 7) is 4.61. The van der Waals surface area contributed by atoms with Crippen LogP contribution in [0.1, 0.15) is 79.9 Å². The third-order valence-electron chi connectivity index (χ3n) is 8.08. The summed E-state index contributed by atoms with van der Waals surface area (Å²) in [4.78, 5) is 38.7. The minimum Gasteiger partial charge on any atom is -0.497 e. The van der Waals surface area contributed by atoms with Crippen LogP contribution in [0.4, 0.5) is 0 Å². The van der Waals surface area contributed by atoms with E-state index in [4.69, 9.17) is 16.3 Å². The predicted octanol–water partition coefficient (Wildman–Crippen LogP) is 9.55. The van der Waals surface area contributed by atoms with Crippen LogP contribution in [0.25, 0.3) is 10.9 Å². The first kappa shape index (κ1) is 40.5. The fourth-order valence-electron chi connectivity index (χ4n) is 5.37. The SMILES string of the molecule is CCC=CCC=CCC=CCC=CCC=CCC=CCCC(=O)NCCNC(=O)Cc1c(C)n(C(=O)c2ccc(Cl)cc2)c2ccc(OC)cc12. The van der Waals surface area contributed by atoms with Crippen LogP contribution in [0.5, 0.6) is 5.75 Å².